The Morgan fingerprint density at radius 3 is 1.89 bits per heavy atom. The minimum Gasteiger partial charge on any atom is -0.780 e. The summed E-state index contributed by atoms with van der Waals surface area (Å²) in [5, 5.41) is 0. The number of hydrogen-bond donors (Lipinski definition) is 0. The normalized spacial score (nSPS) is 9.67. The number of hydrogen-bond acceptors (Lipinski definition) is 5. The van der Waals surface area contributed by atoms with E-state index < -0.39 is 13.8 Å². The van der Waals surface area contributed by atoms with Crippen LogP contribution in [0, 0.1) is 0 Å². The SMILES string of the molecule is CC(=O)OP(=O)([O-])[O-].[Mg+2]. The molecule has 0 saturated carbocycles. The van der Waals surface area contributed by atoms with Gasteiger partial charge in [0, 0.05) is 6.92 Å². The molecule has 0 unspecified atom stereocenters. The monoisotopic (exact) mass is 162 g/mol. The molecule has 0 aliphatic heterocycles. The Balaban J connectivity index is 0. The summed E-state index contributed by atoms with van der Waals surface area (Å²) in [5.41, 5.74) is 0. The van der Waals surface area contributed by atoms with Crippen LogP contribution in [0.3, 0.4) is 0 Å². The van der Waals surface area contributed by atoms with E-state index in [1.807, 2.05) is 0 Å². The van der Waals surface area contributed by atoms with Crippen LogP contribution in [0.25, 0.3) is 0 Å². The predicted molar refractivity (Wildman–Crippen MR) is 25.1 cm³/mol. The summed E-state index contributed by atoms with van der Waals surface area (Å²) in [5.74, 6) is -1.11. The van der Waals surface area contributed by atoms with Crippen molar-refractivity contribution in [2.45, 2.75) is 6.92 Å². The van der Waals surface area contributed by atoms with Crippen LogP contribution in [-0.4, -0.2) is 29.0 Å². The van der Waals surface area contributed by atoms with Gasteiger partial charge in [-0.15, -0.1) is 0 Å². The maximum Gasteiger partial charge on any atom is 2.00 e. The summed E-state index contributed by atoms with van der Waals surface area (Å²) in [7, 11) is -5.07. The fourth-order valence-corrected chi connectivity index (χ4v) is 0.472. The Morgan fingerprint density at radius 2 is 1.89 bits per heavy atom. The molecule has 0 aromatic rings. The summed E-state index contributed by atoms with van der Waals surface area (Å²) in [6.45, 7) is 0.836. The van der Waals surface area contributed by atoms with Crippen molar-refractivity contribution >= 4 is 36.8 Å². The van der Waals surface area contributed by atoms with Crippen LogP contribution in [0.4, 0.5) is 0 Å². The van der Waals surface area contributed by atoms with Crippen LogP contribution in [0.5, 0.6) is 0 Å². The molecule has 0 aromatic heterocycles. The van der Waals surface area contributed by atoms with Gasteiger partial charge in [-0.2, -0.15) is 0 Å². The summed E-state index contributed by atoms with van der Waals surface area (Å²) in [4.78, 5) is 28.6. The second-order valence-corrected chi connectivity index (χ2v) is 2.11. The van der Waals surface area contributed by atoms with E-state index in [1.54, 1.807) is 0 Å². The molecule has 0 bridgehead atoms. The molecule has 5 nitrogen and oxygen atoms in total. The molecule has 0 N–H and O–H groups in total. The first-order chi connectivity index (χ1) is 3.42. The van der Waals surface area contributed by atoms with Crippen LogP contribution in [-0.2, 0) is 13.9 Å². The van der Waals surface area contributed by atoms with Crippen LogP contribution in [0.1, 0.15) is 6.92 Å². The van der Waals surface area contributed by atoms with E-state index in [0.29, 0.717) is 0 Å². The number of carbonyl (C=O) groups is 1. The van der Waals surface area contributed by atoms with Crippen molar-refractivity contribution < 1.29 is 23.7 Å². The van der Waals surface area contributed by atoms with Gasteiger partial charge in [0.15, 0.2) is 0 Å². The van der Waals surface area contributed by atoms with E-state index in [-0.39, 0.29) is 23.1 Å². The molecular formula is C2H3MgO5P. The van der Waals surface area contributed by atoms with Crippen molar-refractivity contribution in [3.05, 3.63) is 0 Å². The third kappa shape index (κ3) is 11.8. The molecule has 0 atom stereocenters. The molecule has 0 rings (SSSR count). The maximum absolute atomic E-state index is 9.66. The Labute approximate surface area is 67.8 Å². The fourth-order valence-electron chi connectivity index (χ4n) is 0.157. The van der Waals surface area contributed by atoms with Crippen molar-refractivity contribution in [1.82, 2.24) is 0 Å². The number of rotatable bonds is 1. The van der Waals surface area contributed by atoms with E-state index >= 15 is 0 Å². The first kappa shape index (κ1) is 12.1. The van der Waals surface area contributed by atoms with Crippen molar-refractivity contribution in [1.29, 1.82) is 0 Å². The van der Waals surface area contributed by atoms with E-state index in [4.69, 9.17) is 0 Å². The molecule has 0 amide bonds. The minimum atomic E-state index is -5.07. The van der Waals surface area contributed by atoms with Crippen molar-refractivity contribution in [2.24, 2.45) is 0 Å². The van der Waals surface area contributed by atoms with Gasteiger partial charge in [0.05, 0.1) is 0 Å². The molecule has 7 heteroatoms. The van der Waals surface area contributed by atoms with Gasteiger partial charge in [-0.05, 0) is 0 Å². The average Bonchev–Trinajstić information content (AvgIpc) is 1.21. The molecule has 48 valence electrons. The third-order valence-electron chi connectivity index (χ3n) is 0.240. The molecule has 0 aromatic carbocycles. The first-order valence-corrected chi connectivity index (χ1v) is 3.10. The molecule has 0 saturated heterocycles. The number of phosphoric ester groups is 1. The van der Waals surface area contributed by atoms with Crippen molar-refractivity contribution in [3.8, 4) is 0 Å². The van der Waals surface area contributed by atoms with Crippen molar-refractivity contribution in [3.63, 3.8) is 0 Å². The van der Waals surface area contributed by atoms with Crippen LogP contribution < -0.4 is 9.79 Å². The van der Waals surface area contributed by atoms with Crippen LogP contribution >= 0.6 is 7.82 Å². The van der Waals surface area contributed by atoms with Gasteiger partial charge in [0.2, 0.25) is 0 Å². The zero-order valence-electron chi connectivity index (χ0n) is 4.70. The Hall–Kier alpha value is 0.386. The first-order valence-electron chi connectivity index (χ1n) is 1.64. The third-order valence-corrected chi connectivity index (χ3v) is 0.721. The Morgan fingerprint density at radius 1 is 1.56 bits per heavy atom. The summed E-state index contributed by atoms with van der Waals surface area (Å²) < 4.78 is 12.7. The van der Waals surface area contributed by atoms with Crippen molar-refractivity contribution in [2.75, 3.05) is 0 Å². The van der Waals surface area contributed by atoms with Crippen LogP contribution in [0.15, 0.2) is 0 Å². The van der Waals surface area contributed by atoms with Gasteiger partial charge >= 0.3 is 29.0 Å². The number of phosphoric acid groups is 1. The van der Waals surface area contributed by atoms with E-state index in [2.05, 4.69) is 4.52 Å². The van der Waals surface area contributed by atoms with Gasteiger partial charge in [-0.25, -0.2) is 0 Å². The molecule has 0 aliphatic carbocycles. The van der Waals surface area contributed by atoms with Gasteiger partial charge in [0.25, 0.3) is 0 Å². The van der Waals surface area contributed by atoms with Gasteiger partial charge < -0.3 is 18.9 Å². The fraction of sp³-hybridized carbons (Fsp3) is 0.500. The number of carbonyl (C=O) groups excluding carboxylic acids is 1. The quantitative estimate of drug-likeness (QED) is 0.328. The molecule has 0 fully saturated rings. The maximum atomic E-state index is 9.66. The molecule has 0 spiro atoms. The van der Waals surface area contributed by atoms with Crippen LogP contribution in [0.2, 0.25) is 0 Å². The zero-order valence-corrected chi connectivity index (χ0v) is 7.00. The average molecular weight is 162 g/mol. The Kier molecular flexibility index (Phi) is 5.70. The molecule has 9 heavy (non-hydrogen) atoms. The van der Waals surface area contributed by atoms with E-state index in [9.17, 15) is 19.1 Å². The van der Waals surface area contributed by atoms with Gasteiger partial charge in [-0.1, -0.05) is 0 Å². The molecular weight excluding hydrogens is 159 g/mol. The standard InChI is InChI=1S/C2H5O5P.Mg/c1-2(3)7-8(4,5)6;/h1H3,(H2,4,5,6);/q;+2/p-2. The van der Waals surface area contributed by atoms with Gasteiger partial charge in [0.1, 0.15) is 7.82 Å². The Bertz CT molecular complexity index is 138. The second kappa shape index (κ2) is 4.24. The summed E-state index contributed by atoms with van der Waals surface area (Å²) >= 11 is 0. The topological polar surface area (TPSA) is 89.5 Å². The minimum absolute atomic E-state index is 0. The summed E-state index contributed by atoms with van der Waals surface area (Å²) in [6.07, 6.45) is 0. The zero-order chi connectivity index (χ0) is 6.78. The second-order valence-electron chi connectivity index (χ2n) is 1.03. The van der Waals surface area contributed by atoms with Gasteiger partial charge in [-0.3, -0.25) is 4.79 Å². The van der Waals surface area contributed by atoms with E-state index in [0.717, 1.165) is 6.92 Å². The largest absolute Gasteiger partial charge is 2.00 e. The molecule has 0 aliphatic rings. The molecule has 0 radical (unpaired) electrons. The smallest absolute Gasteiger partial charge is 0.780 e. The van der Waals surface area contributed by atoms with E-state index in [1.165, 1.54) is 0 Å². The molecule has 0 heterocycles. The summed E-state index contributed by atoms with van der Waals surface area (Å²) in [6, 6.07) is 0. The predicted octanol–water partition coefficient (Wildman–Crippen LogP) is -2.00.